The van der Waals surface area contributed by atoms with E-state index in [1.54, 1.807) is 55.5 Å². The zero-order chi connectivity index (χ0) is 46.3. The van der Waals surface area contributed by atoms with Crippen molar-refractivity contribution < 1.29 is 48.3 Å². The Morgan fingerprint density at radius 3 is 2.37 bits per heavy atom. The van der Waals surface area contributed by atoms with E-state index in [0.717, 1.165) is 47.6 Å². The monoisotopic (exact) mass is 889 g/mol. The predicted molar refractivity (Wildman–Crippen MR) is 251 cm³/mol. The maximum Gasteiger partial charge on any atom is 0.417 e. The summed E-state index contributed by atoms with van der Waals surface area (Å²) in [6, 6.07) is 23.4. The third-order valence-corrected chi connectivity index (χ3v) is 12.7. The number of nitrogens with zero attached hydrogens (tertiary/aromatic N) is 2. The minimum atomic E-state index is -1.45. The van der Waals surface area contributed by atoms with Crippen LogP contribution in [0.25, 0.3) is 10.8 Å². The summed E-state index contributed by atoms with van der Waals surface area (Å²) >= 11 is 0. The van der Waals surface area contributed by atoms with Gasteiger partial charge < -0.3 is 43.6 Å². The molecule has 1 aliphatic heterocycles. The zero-order valence-corrected chi connectivity index (χ0v) is 38.4. The Bertz CT molecular complexity index is 2410. The van der Waals surface area contributed by atoms with Crippen molar-refractivity contribution in [1.82, 2.24) is 4.90 Å². The summed E-state index contributed by atoms with van der Waals surface area (Å²) in [6.45, 7) is 10.1. The molecule has 0 saturated heterocycles. The Morgan fingerprint density at radius 2 is 1.66 bits per heavy atom. The maximum absolute atomic E-state index is 14.9. The van der Waals surface area contributed by atoms with Crippen molar-refractivity contribution in [2.45, 2.75) is 89.1 Å². The molecule has 346 valence electrons. The lowest BCUT2D eigenvalue weighted by Crippen LogP contribution is -2.69. The number of unbranched alkanes of at least 4 members (excludes halogenated alkanes) is 2. The van der Waals surface area contributed by atoms with Crippen molar-refractivity contribution in [3.8, 4) is 23.0 Å². The van der Waals surface area contributed by atoms with E-state index < -0.39 is 29.4 Å². The van der Waals surface area contributed by atoms with E-state index in [1.807, 2.05) is 69.3 Å². The second-order valence-electron chi connectivity index (χ2n) is 18.0. The summed E-state index contributed by atoms with van der Waals surface area (Å²) in [5, 5.41) is 29.6. The predicted octanol–water partition coefficient (Wildman–Crippen LogP) is 9.67. The Kier molecular flexibility index (Phi) is 14.9. The van der Waals surface area contributed by atoms with Crippen LogP contribution in [0.4, 0.5) is 10.5 Å². The highest BCUT2D eigenvalue weighted by molar-refractivity contribution is 6.04. The smallest absolute Gasteiger partial charge is 0.417 e. The highest BCUT2D eigenvalue weighted by atomic mass is 16.7. The molecule has 1 fully saturated rings. The summed E-state index contributed by atoms with van der Waals surface area (Å²) < 4.78 is 31.2. The van der Waals surface area contributed by atoms with Gasteiger partial charge in [0, 0.05) is 49.8 Å². The lowest BCUT2D eigenvalue weighted by molar-refractivity contribution is -0.252. The van der Waals surface area contributed by atoms with Gasteiger partial charge in [0.2, 0.25) is 5.79 Å². The zero-order valence-electron chi connectivity index (χ0n) is 38.4. The fraction of sp³-hybridized carbons (Fsp3) is 0.442. The van der Waals surface area contributed by atoms with E-state index in [4.69, 9.17) is 33.7 Å². The number of hydrogen-bond donors (Lipinski definition) is 3. The molecule has 1 saturated carbocycles. The van der Waals surface area contributed by atoms with Gasteiger partial charge in [-0.2, -0.15) is 0 Å². The Labute approximate surface area is 382 Å². The molecule has 65 heavy (non-hydrogen) atoms. The van der Waals surface area contributed by atoms with E-state index in [9.17, 15) is 19.8 Å². The van der Waals surface area contributed by atoms with Gasteiger partial charge in [0.15, 0.2) is 0 Å². The summed E-state index contributed by atoms with van der Waals surface area (Å²) in [5.41, 5.74) is 2.70. The van der Waals surface area contributed by atoms with Crippen molar-refractivity contribution in [3.63, 3.8) is 0 Å². The average molecular weight is 890 g/mol. The molecule has 3 aliphatic rings. The molecule has 6 unspecified atom stereocenters. The standard InChI is InChI=1S/C52H63N3O10/c1-8-27-62-52-46(55(5)49(58)36-20-19-33-15-9-10-16-34(33)28-36)32-43(54-65-51(2,3)4)40-29-35(17-11-13-25-56)39(18-12-14-26-57)47(48(40)52)41-30-38(22-24-44(41)64-52)63-50(59)53-42-23-21-37(60-6)31-45(42)61-7/h8-10,15-16,19-24,28-31,35,39,46-48,56-57H,1,11-14,17-18,25-27,32H2,2-7H3,(H,53,59). The van der Waals surface area contributed by atoms with E-state index in [2.05, 4.69) is 18.0 Å². The van der Waals surface area contributed by atoms with E-state index in [0.29, 0.717) is 52.8 Å². The number of carbonyl (C=O) groups is 2. The summed E-state index contributed by atoms with van der Waals surface area (Å²) in [7, 11) is 4.85. The molecular formula is C52H63N3O10. The lowest BCUT2D eigenvalue weighted by Gasteiger charge is -2.59. The summed E-state index contributed by atoms with van der Waals surface area (Å²) in [4.78, 5) is 36.4. The molecule has 4 aromatic carbocycles. The van der Waals surface area contributed by atoms with Gasteiger partial charge in [-0.25, -0.2) is 4.79 Å². The molecule has 6 atom stereocenters. The topological polar surface area (TPSA) is 158 Å². The van der Waals surface area contributed by atoms with Crippen molar-refractivity contribution in [3.05, 3.63) is 114 Å². The van der Waals surface area contributed by atoms with Gasteiger partial charge in [0.25, 0.3) is 5.91 Å². The number of amides is 2. The molecule has 0 radical (unpaired) electrons. The van der Waals surface area contributed by atoms with Crippen LogP contribution in [0.3, 0.4) is 0 Å². The molecule has 4 aromatic rings. The third kappa shape index (κ3) is 10.2. The van der Waals surface area contributed by atoms with E-state index in [-0.39, 0.29) is 49.9 Å². The van der Waals surface area contributed by atoms with Crippen LogP contribution in [0.5, 0.6) is 23.0 Å². The van der Waals surface area contributed by atoms with Crippen LogP contribution in [-0.2, 0) is 9.57 Å². The molecule has 2 aliphatic carbocycles. The van der Waals surface area contributed by atoms with Gasteiger partial charge in [-0.3, -0.25) is 10.1 Å². The molecule has 2 amide bonds. The number of likely N-dealkylation sites (N-methyl/N-ethyl adjacent to an activating group) is 1. The van der Waals surface area contributed by atoms with Gasteiger partial charge in [0.1, 0.15) is 34.6 Å². The number of aliphatic hydroxyl groups is 2. The largest absolute Gasteiger partial charge is 0.497 e. The fourth-order valence-electron chi connectivity index (χ4n) is 9.80. The number of benzene rings is 4. The molecule has 13 heteroatoms. The first-order valence-electron chi connectivity index (χ1n) is 22.6. The maximum atomic E-state index is 14.9. The highest BCUT2D eigenvalue weighted by Gasteiger charge is 2.65. The number of anilines is 1. The number of fused-ring (bicyclic) bond motifs is 3. The highest BCUT2D eigenvalue weighted by Crippen LogP contribution is 2.62. The average Bonchev–Trinajstić information content (AvgIpc) is 3.30. The number of rotatable bonds is 18. The van der Waals surface area contributed by atoms with E-state index >= 15 is 0 Å². The summed E-state index contributed by atoms with van der Waals surface area (Å²) in [5.74, 6) is -0.730. The second-order valence-corrected chi connectivity index (χ2v) is 18.0. The van der Waals surface area contributed by atoms with Crippen LogP contribution in [0.2, 0.25) is 0 Å². The van der Waals surface area contributed by atoms with Crippen molar-refractivity contribution >= 4 is 34.2 Å². The van der Waals surface area contributed by atoms with Crippen molar-refractivity contribution in [2.24, 2.45) is 22.9 Å². The van der Waals surface area contributed by atoms with Crippen LogP contribution < -0.4 is 24.3 Å². The van der Waals surface area contributed by atoms with Crippen LogP contribution >= 0.6 is 0 Å². The van der Waals surface area contributed by atoms with Crippen molar-refractivity contribution in [1.29, 1.82) is 0 Å². The van der Waals surface area contributed by atoms with Crippen LogP contribution in [0.1, 0.15) is 87.6 Å². The first-order chi connectivity index (χ1) is 31.3. The number of hydrogen-bond acceptors (Lipinski definition) is 11. The van der Waals surface area contributed by atoms with Gasteiger partial charge in [0.05, 0.1) is 38.1 Å². The SMILES string of the molecule is C=CCOC12Oc3ccc(OC(=O)Nc4ccc(OC)cc4OC)cc3C3C(CCCCO)C(CCCCO)C=C(C(=NOC(C)(C)C)CC1N(C)C(=O)c1ccc4ccccc4c1)C32. The molecule has 1 heterocycles. The molecule has 13 nitrogen and oxygen atoms in total. The number of methoxy groups -OCH3 is 2. The Hall–Kier alpha value is -5.89. The molecular weight excluding hydrogens is 827 g/mol. The number of allylic oxidation sites excluding steroid dienone is 1. The quantitative estimate of drug-likeness (QED) is 0.0499. The number of ether oxygens (including phenoxy) is 5. The van der Waals surface area contributed by atoms with Crippen LogP contribution in [0, 0.1) is 17.8 Å². The number of carbonyl (C=O) groups excluding carboxylic acids is 2. The number of nitrogens with one attached hydrogen (secondary N) is 1. The number of oxime groups is 1. The van der Waals surface area contributed by atoms with Gasteiger partial charge in [-0.15, -0.1) is 6.58 Å². The molecule has 0 aromatic heterocycles. The Morgan fingerprint density at radius 1 is 0.923 bits per heavy atom. The minimum Gasteiger partial charge on any atom is -0.497 e. The lowest BCUT2D eigenvalue weighted by atomic mass is 9.55. The molecule has 0 spiro atoms. The third-order valence-electron chi connectivity index (χ3n) is 12.7. The Balaban J connectivity index is 1.39. The van der Waals surface area contributed by atoms with Gasteiger partial charge >= 0.3 is 6.09 Å². The number of aliphatic hydroxyl groups excluding tert-OH is 2. The van der Waals surface area contributed by atoms with E-state index in [1.165, 1.54) is 7.11 Å². The fourth-order valence-corrected chi connectivity index (χ4v) is 9.80. The summed E-state index contributed by atoms with van der Waals surface area (Å²) in [6.07, 6.45) is 7.85. The normalized spacial score (nSPS) is 22.7. The molecule has 0 bridgehead atoms. The first-order valence-corrected chi connectivity index (χ1v) is 22.6. The minimum absolute atomic E-state index is 0.0169. The van der Waals surface area contributed by atoms with Gasteiger partial charge in [-0.1, -0.05) is 60.5 Å². The van der Waals surface area contributed by atoms with Crippen molar-refractivity contribution in [2.75, 3.05) is 46.4 Å². The molecule has 7 rings (SSSR count). The van der Waals surface area contributed by atoms with Gasteiger partial charge in [-0.05, 0) is 117 Å². The van der Waals surface area contributed by atoms with Crippen LogP contribution in [-0.4, -0.2) is 91.3 Å². The second kappa shape index (κ2) is 20.5. The molecule has 3 N–H and O–H groups in total. The van der Waals surface area contributed by atoms with Crippen LogP contribution in [0.15, 0.2) is 108 Å². The first kappa shape index (κ1) is 47.1.